The van der Waals surface area contributed by atoms with Gasteiger partial charge < -0.3 is 9.67 Å². The highest BCUT2D eigenvalue weighted by atomic mass is 16.3. The highest BCUT2D eigenvalue weighted by molar-refractivity contribution is 5.99. The van der Waals surface area contributed by atoms with E-state index in [1.54, 1.807) is 24.0 Å². The van der Waals surface area contributed by atoms with E-state index in [4.69, 9.17) is 0 Å². The first-order valence-electron chi connectivity index (χ1n) is 4.88. The molecule has 4 heteroatoms. The van der Waals surface area contributed by atoms with Crippen LogP contribution in [0.25, 0.3) is 0 Å². The van der Waals surface area contributed by atoms with Gasteiger partial charge in [-0.25, -0.2) is 4.98 Å². The van der Waals surface area contributed by atoms with Crippen LogP contribution in [0.4, 0.5) is 0 Å². The number of aliphatic hydroxyl groups is 1. The monoisotopic (exact) mass is 194 g/mol. The second-order valence-electron chi connectivity index (χ2n) is 3.93. The van der Waals surface area contributed by atoms with E-state index in [9.17, 15) is 9.90 Å². The van der Waals surface area contributed by atoms with Crippen molar-refractivity contribution in [3.05, 3.63) is 18.2 Å². The fourth-order valence-electron chi connectivity index (χ4n) is 1.98. The first-order valence-corrected chi connectivity index (χ1v) is 4.88. The number of carbonyl (C=O) groups excluding carboxylic acids is 1. The van der Waals surface area contributed by atoms with Gasteiger partial charge in [0.25, 0.3) is 0 Å². The number of aromatic nitrogens is 2. The van der Waals surface area contributed by atoms with Crippen LogP contribution >= 0.6 is 0 Å². The van der Waals surface area contributed by atoms with Gasteiger partial charge in [-0.3, -0.25) is 4.79 Å². The van der Waals surface area contributed by atoms with Gasteiger partial charge in [-0.1, -0.05) is 0 Å². The molecule has 1 N–H and O–H groups in total. The van der Waals surface area contributed by atoms with Gasteiger partial charge in [0, 0.05) is 19.4 Å². The molecule has 0 amide bonds. The summed E-state index contributed by atoms with van der Waals surface area (Å²) < 4.78 is 1.65. The molecule has 0 aliphatic heterocycles. The van der Waals surface area contributed by atoms with E-state index in [0.717, 1.165) is 12.8 Å². The Morgan fingerprint density at radius 2 is 2.21 bits per heavy atom. The summed E-state index contributed by atoms with van der Waals surface area (Å²) in [7, 11) is 1.76. The Bertz CT molecular complexity index is 351. The number of Topliss-reactive ketones (excluding diaryl/α,β-unsaturated/α-hetero) is 1. The number of imidazole rings is 1. The van der Waals surface area contributed by atoms with E-state index in [0.29, 0.717) is 18.7 Å². The molecule has 1 heterocycles. The third-order valence-corrected chi connectivity index (χ3v) is 2.88. The Balaban J connectivity index is 2.28. The van der Waals surface area contributed by atoms with Crippen molar-refractivity contribution < 1.29 is 9.90 Å². The fraction of sp³-hybridized carbons (Fsp3) is 0.600. The number of ketones is 1. The van der Waals surface area contributed by atoms with E-state index in [1.807, 2.05) is 0 Å². The quantitative estimate of drug-likeness (QED) is 0.712. The molecule has 1 saturated carbocycles. The molecule has 0 spiro atoms. The normalized spacial score (nSPS) is 19.9. The summed E-state index contributed by atoms with van der Waals surface area (Å²) in [5.41, 5.74) is -1.15. The zero-order chi connectivity index (χ0) is 10.2. The second kappa shape index (κ2) is 3.20. The summed E-state index contributed by atoms with van der Waals surface area (Å²) in [5, 5.41) is 10.1. The Morgan fingerprint density at radius 1 is 1.57 bits per heavy atom. The minimum atomic E-state index is -1.15. The molecule has 1 aromatic rings. The minimum absolute atomic E-state index is 0.234. The van der Waals surface area contributed by atoms with Crippen LogP contribution in [0, 0.1) is 0 Å². The molecule has 1 fully saturated rings. The minimum Gasteiger partial charge on any atom is -0.382 e. The van der Waals surface area contributed by atoms with Gasteiger partial charge in [-0.15, -0.1) is 0 Å². The molecule has 1 aliphatic rings. The van der Waals surface area contributed by atoms with Gasteiger partial charge in [0.05, 0.1) is 0 Å². The molecule has 14 heavy (non-hydrogen) atoms. The molecule has 4 nitrogen and oxygen atoms in total. The molecule has 1 aliphatic carbocycles. The maximum atomic E-state index is 11.9. The van der Waals surface area contributed by atoms with E-state index in [-0.39, 0.29) is 5.78 Å². The standard InChI is InChI=1S/C10H14N2O2/c1-12-7-6-11-9(12)8(13)10(14)4-2-3-5-10/h6-7,14H,2-5H2,1H3. The predicted octanol–water partition coefficient (Wildman–Crippen LogP) is 0.908. The van der Waals surface area contributed by atoms with Gasteiger partial charge in [-0.05, 0) is 25.7 Å². The molecular formula is C10H14N2O2. The van der Waals surface area contributed by atoms with Crippen LogP contribution in [0.1, 0.15) is 36.3 Å². The van der Waals surface area contributed by atoms with Crippen LogP contribution in [0.15, 0.2) is 12.4 Å². The van der Waals surface area contributed by atoms with Crippen molar-refractivity contribution in [3.8, 4) is 0 Å². The largest absolute Gasteiger partial charge is 0.382 e. The van der Waals surface area contributed by atoms with Gasteiger partial charge in [0.1, 0.15) is 5.60 Å². The topological polar surface area (TPSA) is 55.1 Å². The third kappa shape index (κ3) is 1.35. The van der Waals surface area contributed by atoms with Gasteiger partial charge >= 0.3 is 0 Å². The Kier molecular flexibility index (Phi) is 2.15. The predicted molar refractivity (Wildman–Crippen MR) is 51.0 cm³/mol. The SMILES string of the molecule is Cn1ccnc1C(=O)C1(O)CCCC1. The molecule has 0 radical (unpaired) electrons. The Hall–Kier alpha value is -1.16. The van der Waals surface area contributed by atoms with Crippen LogP contribution in [-0.2, 0) is 7.05 Å². The van der Waals surface area contributed by atoms with Crippen molar-refractivity contribution in [3.63, 3.8) is 0 Å². The summed E-state index contributed by atoms with van der Waals surface area (Å²) in [6, 6.07) is 0. The molecule has 2 rings (SSSR count). The molecule has 76 valence electrons. The van der Waals surface area contributed by atoms with Crippen LogP contribution in [0.3, 0.4) is 0 Å². The number of aryl methyl sites for hydroxylation is 1. The fourth-order valence-corrected chi connectivity index (χ4v) is 1.98. The number of carbonyl (C=O) groups is 1. The summed E-state index contributed by atoms with van der Waals surface area (Å²) in [6.45, 7) is 0. The lowest BCUT2D eigenvalue weighted by molar-refractivity contribution is 0.0339. The maximum absolute atomic E-state index is 11.9. The summed E-state index contributed by atoms with van der Waals surface area (Å²) >= 11 is 0. The number of nitrogens with zero attached hydrogens (tertiary/aromatic N) is 2. The van der Waals surface area contributed by atoms with Crippen molar-refractivity contribution in [2.24, 2.45) is 7.05 Å². The maximum Gasteiger partial charge on any atom is 0.229 e. The van der Waals surface area contributed by atoms with Crippen LogP contribution in [-0.4, -0.2) is 26.0 Å². The summed E-state index contributed by atoms with van der Waals surface area (Å²) in [5.74, 6) is 0.122. The zero-order valence-corrected chi connectivity index (χ0v) is 8.23. The molecule has 0 unspecified atom stereocenters. The first kappa shape index (κ1) is 9.40. The first-order chi connectivity index (χ1) is 6.63. The van der Waals surface area contributed by atoms with Crippen molar-refractivity contribution in [2.45, 2.75) is 31.3 Å². The van der Waals surface area contributed by atoms with Crippen molar-refractivity contribution in [1.29, 1.82) is 0 Å². The van der Waals surface area contributed by atoms with Crippen LogP contribution in [0.5, 0.6) is 0 Å². The lowest BCUT2D eigenvalue weighted by Crippen LogP contribution is -2.36. The molecule has 1 aromatic heterocycles. The van der Waals surface area contributed by atoms with Crippen molar-refractivity contribution in [2.75, 3.05) is 0 Å². The van der Waals surface area contributed by atoms with Gasteiger partial charge in [0.15, 0.2) is 5.82 Å². The smallest absolute Gasteiger partial charge is 0.229 e. The summed E-state index contributed by atoms with van der Waals surface area (Å²) in [6.07, 6.45) is 6.27. The van der Waals surface area contributed by atoms with E-state index in [1.165, 1.54) is 0 Å². The average Bonchev–Trinajstić information content (AvgIpc) is 2.74. The number of hydrogen-bond donors (Lipinski definition) is 1. The van der Waals surface area contributed by atoms with Gasteiger partial charge in [0.2, 0.25) is 5.78 Å². The van der Waals surface area contributed by atoms with Crippen LogP contribution in [0.2, 0.25) is 0 Å². The molecule has 0 atom stereocenters. The molecule has 0 bridgehead atoms. The van der Waals surface area contributed by atoms with E-state index >= 15 is 0 Å². The lowest BCUT2D eigenvalue weighted by atomic mass is 9.96. The van der Waals surface area contributed by atoms with Crippen LogP contribution < -0.4 is 0 Å². The van der Waals surface area contributed by atoms with E-state index < -0.39 is 5.60 Å². The average molecular weight is 194 g/mol. The lowest BCUT2D eigenvalue weighted by Gasteiger charge is -2.19. The van der Waals surface area contributed by atoms with E-state index in [2.05, 4.69) is 4.98 Å². The third-order valence-electron chi connectivity index (χ3n) is 2.88. The van der Waals surface area contributed by atoms with Crippen molar-refractivity contribution in [1.82, 2.24) is 9.55 Å². The molecule has 0 saturated heterocycles. The number of hydrogen-bond acceptors (Lipinski definition) is 3. The highest BCUT2D eigenvalue weighted by Gasteiger charge is 2.40. The number of rotatable bonds is 2. The Labute approximate surface area is 82.6 Å². The molecular weight excluding hydrogens is 180 g/mol. The zero-order valence-electron chi connectivity index (χ0n) is 8.23. The Morgan fingerprint density at radius 3 is 2.71 bits per heavy atom. The second-order valence-corrected chi connectivity index (χ2v) is 3.93. The van der Waals surface area contributed by atoms with Gasteiger partial charge in [-0.2, -0.15) is 0 Å². The van der Waals surface area contributed by atoms with Crippen molar-refractivity contribution >= 4 is 5.78 Å². The highest BCUT2D eigenvalue weighted by Crippen LogP contribution is 2.31. The molecule has 0 aromatic carbocycles. The summed E-state index contributed by atoms with van der Waals surface area (Å²) in [4.78, 5) is 15.9.